The van der Waals surface area contributed by atoms with E-state index in [9.17, 15) is 0 Å². The molecule has 0 amide bonds. The van der Waals surface area contributed by atoms with Gasteiger partial charge in [-0.1, -0.05) is 0 Å². The summed E-state index contributed by atoms with van der Waals surface area (Å²) < 4.78 is 5.28. The van der Waals surface area contributed by atoms with Crippen molar-refractivity contribution in [3.05, 3.63) is 30.0 Å². The number of hydrogen-bond acceptors (Lipinski definition) is 5. The summed E-state index contributed by atoms with van der Waals surface area (Å²) in [6.45, 7) is 2.78. The maximum absolute atomic E-state index is 5.28. The Morgan fingerprint density at radius 3 is 3.06 bits per heavy atom. The lowest BCUT2D eigenvalue weighted by molar-refractivity contribution is 0.456. The summed E-state index contributed by atoms with van der Waals surface area (Å²) in [6.07, 6.45) is 3.67. The van der Waals surface area contributed by atoms with E-state index in [1.807, 2.05) is 12.1 Å². The molecule has 2 heterocycles. The van der Waals surface area contributed by atoms with Crippen LogP contribution in [0, 0.1) is 0 Å². The van der Waals surface area contributed by atoms with Gasteiger partial charge in [-0.2, -0.15) is 4.80 Å². The van der Waals surface area contributed by atoms with Crippen molar-refractivity contribution >= 4 is 0 Å². The molecule has 0 bridgehead atoms. The van der Waals surface area contributed by atoms with Gasteiger partial charge in [0, 0.05) is 12.5 Å². The molecule has 92 valence electrons. The van der Waals surface area contributed by atoms with Crippen molar-refractivity contribution in [1.82, 2.24) is 25.5 Å². The molecule has 2 aromatic rings. The Bertz CT molecular complexity index is 436. The maximum Gasteiger partial charge on any atom is 0.188 e. The minimum atomic E-state index is 0.393. The molecule has 0 spiro atoms. The summed E-state index contributed by atoms with van der Waals surface area (Å²) in [6, 6.07) is 4.30. The average Bonchev–Trinajstić information content (AvgIpc) is 2.95. The lowest BCUT2D eigenvalue weighted by atomic mass is 10.1. The van der Waals surface area contributed by atoms with Gasteiger partial charge in [0.2, 0.25) is 0 Å². The molecule has 6 nitrogen and oxygen atoms in total. The van der Waals surface area contributed by atoms with E-state index in [1.165, 1.54) is 4.80 Å². The van der Waals surface area contributed by atoms with Gasteiger partial charge in [-0.25, -0.2) is 0 Å². The molecule has 0 aliphatic carbocycles. The number of aryl methyl sites for hydroxylation is 2. The van der Waals surface area contributed by atoms with Gasteiger partial charge in [0.15, 0.2) is 5.82 Å². The Morgan fingerprint density at radius 1 is 1.53 bits per heavy atom. The number of aromatic nitrogens is 4. The summed E-state index contributed by atoms with van der Waals surface area (Å²) in [4.78, 5) is 1.46. The van der Waals surface area contributed by atoms with Gasteiger partial charge in [-0.05, 0) is 30.7 Å². The van der Waals surface area contributed by atoms with E-state index in [0.717, 1.165) is 24.4 Å². The highest BCUT2D eigenvalue weighted by Gasteiger charge is 2.06. The zero-order valence-electron chi connectivity index (χ0n) is 10.1. The first-order valence-electron chi connectivity index (χ1n) is 5.72. The quantitative estimate of drug-likeness (QED) is 0.806. The molecule has 1 unspecified atom stereocenters. The zero-order valence-corrected chi connectivity index (χ0v) is 10.1. The molecule has 0 fully saturated rings. The topological polar surface area (TPSA) is 68.8 Å². The van der Waals surface area contributed by atoms with Crippen LogP contribution in [0.3, 0.4) is 0 Å². The third kappa shape index (κ3) is 3.67. The monoisotopic (exact) mass is 235 g/mol. The van der Waals surface area contributed by atoms with Gasteiger partial charge in [0.1, 0.15) is 5.76 Å². The van der Waals surface area contributed by atoms with Gasteiger partial charge in [-0.15, -0.1) is 10.2 Å². The van der Waals surface area contributed by atoms with Crippen LogP contribution < -0.4 is 5.32 Å². The van der Waals surface area contributed by atoms with Crippen molar-refractivity contribution in [2.24, 2.45) is 7.05 Å². The normalized spacial score (nSPS) is 12.8. The van der Waals surface area contributed by atoms with E-state index < -0.39 is 0 Å². The first kappa shape index (κ1) is 11.8. The predicted octanol–water partition coefficient (Wildman–Crippen LogP) is 0.914. The van der Waals surface area contributed by atoms with Gasteiger partial charge >= 0.3 is 0 Å². The van der Waals surface area contributed by atoms with E-state index in [4.69, 9.17) is 4.42 Å². The summed E-state index contributed by atoms with van der Waals surface area (Å²) in [7, 11) is 1.76. The van der Waals surface area contributed by atoms with Crippen LogP contribution in [0.5, 0.6) is 0 Å². The highest BCUT2D eigenvalue weighted by Crippen LogP contribution is 2.05. The van der Waals surface area contributed by atoms with Crippen LogP contribution in [0.1, 0.15) is 24.9 Å². The Balaban J connectivity index is 1.69. The third-order valence-electron chi connectivity index (χ3n) is 2.56. The predicted molar refractivity (Wildman–Crippen MR) is 62.1 cm³/mol. The molecule has 17 heavy (non-hydrogen) atoms. The fourth-order valence-electron chi connectivity index (χ4n) is 1.58. The Kier molecular flexibility index (Phi) is 3.87. The molecule has 1 atom stereocenters. The third-order valence-corrected chi connectivity index (χ3v) is 2.56. The lowest BCUT2D eigenvalue weighted by Gasteiger charge is -2.10. The van der Waals surface area contributed by atoms with Crippen LogP contribution >= 0.6 is 0 Å². The first-order valence-corrected chi connectivity index (χ1v) is 5.72. The van der Waals surface area contributed by atoms with Crippen molar-refractivity contribution in [1.29, 1.82) is 0 Å². The lowest BCUT2D eigenvalue weighted by Crippen LogP contribution is -2.26. The van der Waals surface area contributed by atoms with Gasteiger partial charge in [0.25, 0.3) is 0 Å². The molecular weight excluding hydrogens is 218 g/mol. The highest BCUT2D eigenvalue weighted by atomic mass is 16.3. The second kappa shape index (κ2) is 5.58. The Hall–Kier alpha value is -1.69. The minimum absolute atomic E-state index is 0.393. The summed E-state index contributed by atoms with van der Waals surface area (Å²) in [5.74, 6) is 1.74. The van der Waals surface area contributed by atoms with Crippen molar-refractivity contribution in [3.8, 4) is 0 Å². The van der Waals surface area contributed by atoms with Crippen LogP contribution in [0.2, 0.25) is 0 Å². The van der Waals surface area contributed by atoms with E-state index in [0.29, 0.717) is 12.6 Å². The second-order valence-electron chi connectivity index (χ2n) is 4.10. The van der Waals surface area contributed by atoms with E-state index in [-0.39, 0.29) is 0 Å². The minimum Gasteiger partial charge on any atom is -0.469 e. The summed E-state index contributed by atoms with van der Waals surface area (Å²) in [5.41, 5.74) is 0. The molecule has 1 N–H and O–H groups in total. The van der Waals surface area contributed by atoms with Crippen molar-refractivity contribution in [2.75, 3.05) is 0 Å². The number of furan rings is 1. The van der Waals surface area contributed by atoms with Gasteiger partial charge < -0.3 is 9.73 Å². The fraction of sp³-hybridized carbons (Fsp3) is 0.545. The average molecular weight is 235 g/mol. The number of tetrazole rings is 1. The van der Waals surface area contributed by atoms with Crippen LogP contribution in [0.15, 0.2) is 22.8 Å². The van der Waals surface area contributed by atoms with E-state index >= 15 is 0 Å². The molecule has 0 aromatic carbocycles. The maximum atomic E-state index is 5.28. The fourth-order valence-corrected chi connectivity index (χ4v) is 1.58. The van der Waals surface area contributed by atoms with Gasteiger partial charge in [0.05, 0.1) is 19.9 Å². The number of nitrogens with one attached hydrogen (secondary N) is 1. The van der Waals surface area contributed by atoms with Crippen molar-refractivity contribution in [2.45, 2.75) is 32.4 Å². The Labute approximate surface area is 100 Å². The van der Waals surface area contributed by atoms with Gasteiger partial charge in [-0.3, -0.25) is 0 Å². The van der Waals surface area contributed by atoms with Crippen molar-refractivity contribution in [3.63, 3.8) is 0 Å². The van der Waals surface area contributed by atoms with Crippen LogP contribution in [-0.4, -0.2) is 26.2 Å². The SMILES string of the molecule is CC(CCc1ccco1)NCc1nnn(C)n1. The molecule has 2 rings (SSSR count). The van der Waals surface area contributed by atoms with E-state index in [1.54, 1.807) is 13.3 Å². The highest BCUT2D eigenvalue weighted by molar-refractivity contribution is 4.98. The zero-order chi connectivity index (χ0) is 12.1. The summed E-state index contributed by atoms with van der Waals surface area (Å²) in [5, 5.41) is 15.2. The first-order chi connectivity index (χ1) is 8.24. The largest absolute Gasteiger partial charge is 0.469 e. The molecule has 2 aromatic heterocycles. The Morgan fingerprint density at radius 2 is 2.41 bits per heavy atom. The standard InChI is InChI=1S/C11H17N5O/c1-9(5-6-10-4-3-7-17-10)12-8-11-13-15-16(2)14-11/h3-4,7,9,12H,5-6,8H2,1-2H3. The molecule has 0 radical (unpaired) electrons. The number of hydrogen-bond donors (Lipinski definition) is 1. The van der Waals surface area contributed by atoms with Crippen LogP contribution in [0.4, 0.5) is 0 Å². The molecule has 6 heteroatoms. The number of rotatable bonds is 6. The van der Waals surface area contributed by atoms with Crippen LogP contribution in [-0.2, 0) is 20.0 Å². The van der Waals surface area contributed by atoms with E-state index in [2.05, 4.69) is 27.7 Å². The smallest absolute Gasteiger partial charge is 0.188 e. The van der Waals surface area contributed by atoms with Crippen LogP contribution in [0.25, 0.3) is 0 Å². The molecular formula is C11H17N5O. The molecule has 0 saturated heterocycles. The summed E-state index contributed by atoms with van der Waals surface area (Å²) >= 11 is 0. The molecule has 0 aliphatic rings. The number of nitrogens with zero attached hydrogens (tertiary/aromatic N) is 4. The molecule has 0 saturated carbocycles. The second-order valence-corrected chi connectivity index (χ2v) is 4.10. The molecule has 0 aliphatic heterocycles. The van der Waals surface area contributed by atoms with Crippen molar-refractivity contribution < 1.29 is 4.42 Å².